The van der Waals surface area contributed by atoms with Crippen molar-refractivity contribution in [3.8, 4) is 0 Å². The zero-order valence-corrected chi connectivity index (χ0v) is 15.6. The average molecular weight is 356 g/mol. The molecule has 1 unspecified atom stereocenters. The number of carbonyl (C=O) groups excluding carboxylic acids is 1. The number of benzene rings is 1. The highest BCUT2D eigenvalue weighted by Crippen LogP contribution is 2.35. The van der Waals surface area contributed by atoms with Gasteiger partial charge in [0, 0.05) is 24.6 Å². The lowest BCUT2D eigenvalue weighted by Crippen LogP contribution is -2.48. The van der Waals surface area contributed by atoms with E-state index >= 15 is 0 Å². The van der Waals surface area contributed by atoms with E-state index in [1.54, 1.807) is 6.07 Å². The Morgan fingerprint density at radius 1 is 1.35 bits per heavy atom. The van der Waals surface area contributed by atoms with Crippen molar-refractivity contribution in [1.29, 1.82) is 0 Å². The summed E-state index contributed by atoms with van der Waals surface area (Å²) in [6.07, 6.45) is 3.61. The minimum absolute atomic E-state index is 0.0945. The van der Waals surface area contributed by atoms with Gasteiger partial charge < -0.3 is 14.5 Å². The molecule has 0 radical (unpaired) electrons. The Kier molecular flexibility index (Phi) is 5.77. The van der Waals surface area contributed by atoms with Crippen LogP contribution in [0.1, 0.15) is 60.8 Å². The number of aliphatic hydroxyl groups is 1. The van der Waals surface area contributed by atoms with E-state index in [9.17, 15) is 9.90 Å². The molecule has 2 heterocycles. The number of nitrogens with zero attached hydrogens (tertiary/aromatic N) is 2. The molecule has 0 aliphatic carbocycles. The third-order valence-corrected chi connectivity index (χ3v) is 5.40. The summed E-state index contributed by atoms with van der Waals surface area (Å²) in [7, 11) is 0. The summed E-state index contributed by atoms with van der Waals surface area (Å²) in [5, 5.41) is 14.1. The molecule has 1 aromatic carbocycles. The minimum Gasteiger partial charge on any atom is -0.396 e. The minimum atomic E-state index is -0.245. The molecule has 2 aromatic rings. The van der Waals surface area contributed by atoms with Gasteiger partial charge in [0.1, 0.15) is 0 Å². The van der Waals surface area contributed by atoms with E-state index in [1.165, 1.54) is 5.56 Å². The zero-order valence-electron chi connectivity index (χ0n) is 15.6. The smallest absolute Gasteiger partial charge is 0.292 e. The molecule has 3 rings (SSSR count). The van der Waals surface area contributed by atoms with Crippen LogP contribution in [0.2, 0.25) is 0 Å². The van der Waals surface area contributed by atoms with E-state index in [-0.39, 0.29) is 23.8 Å². The third-order valence-electron chi connectivity index (χ3n) is 5.40. The topological polar surface area (TPSA) is 66.6 Å². The van der Waals surface area contributed by atoms with Gasteiger partial charge in [0.2, 0.25) is 5.76 Å². The van der Waals surface area contributed by atoms with Crippen LogP contribution in [-0.2, 0) is 6.42 Å². The number of aryl methyl sites for hydroxylation is 1. The Morgan fingerprint density at radius 2 is 2.12 bits per heavy atom. The molecular formula is C21H28N2O3. The van der Waals surface area contributed by atoms with Crippen molar-refractivity contribution in [3.05, 3.63) is 53.4 Å². The van der Waals surface area contributed by atoms with Crippen molar-refractivity contribution < 1.29 is 14.4 Å². The Hall–Kier alpha value is -2.14. The van der Waals surface area contributed by atoms with E-state index in [1.807, 2.05) is 36.9 Å². The summed E-state index contributed by atoms with van der Waals surface area (Å²) >= 11 is 0. The molecule has 1 atom stereocenters. The molecule has 1 fully saturated rings. The Morgan fingerprint density at radius 3 is 2.77 bits per heavy atom. The largest absolute Gasteiger partial charge is 0.396 e. The molecule has 26 heavy (non-hydrogen) atoms. The molecule has 0 spiro atoms. The van der Waals surface area contributed by atoms with Crippen molar-refractivity contribution in [3.63, 3.8) is 0 Å². The Labute approximate surface area is 155 Å². The molecule has 1 amide bonds. The van der Waals surface area contributed by atoms with Crippen LogP contribution in [0, 0.1) is 5.41 Å². The molecule has 1 N–H and O–H groups in total. The van der Waals surface area contributed by atoms with E-state index in [2.05, 4.69) is 17.3 Å². The number of aliphatic hydroxyl groups excluding tert-OH is 1. The van der Waals surface area contributed by atoms with Gasteiger partial charge in [0.05, 0.1) is 12.3 Å². The zero-order chi connectivity index (χ0) is 18.6. The highest BCUT2D eigenvalue weighted by molar-refractivity contribution is 5.91. The van der Waals surface area contributed by atoms with E-state index < -0.39 is 0 Å². The van der Waals surface area contributed by atoms with Gasteiger partial charge in [0.25, 0.3) is 5.91 Å². The third kappa shape index (κ3) is 4.15. The molecule has 1 aliphatic rings. The second kappa shape index (κ2) is 8.04. The lowest BCUT2D eigenvalue weighted by molar-refractivity contribution is 0.0205. The molecule has 1 aliphatic heterocycles. The number of piperidine rings is 1. The van der Waals surface area contributed by atoms with Crippen LogP contribution >= 0.6 is 0 Å². The Balaban J connectivity index is 1.68. The highest BCUT2D eigenvalue weighted by atomic mass is 16.5. The molecule has 0 bridgehead atoms. The first-order valence-corrected chi connectivity index (χ1v) is 9.44. The summed E-state index contributed by atoms with van der Waals surface area (Å²) < 4.78 is 5.27. The van der Waals surface area contributed by atoms with Gasteiger partial charge in [-0.25, -0.2) is 0 Å². The first-order chi connectivity index (χ1) is 12.5. The van der Waals surface area contributed by atoms with Gasteiger partial charge in [-0.2, -0.15) is 0 Å². The first kappa shape index (κ1) is 18.6. The van der Waals surface area contributed by atoms with Crippen LogP contribution in [0.5, 0.6) is 0 Å². The first-order valence-electron chi connectivity index (χ1n) is 9.44. The number of carbonyl (C=O) groups is 1. The van der Waals surface area contributed by atoms with Gasteiger partial charge >= 0.3 is 0 Å². The molecule has 5 heteroatoms. The molecule has 140 valence electrons. The lowest BCUT2D eigenvalue weighted by atomic mass is 9.76. The van der Waals surface area contributed by atoms with E-state index in [0.717, 1.165) is 31.4 Å². The second-order valence-corrected chi connectivity index (χ2v) is 7.74. The van der Waals surface area contributed by atoms with Gasteiger partial charge in [0.15, 0.2) is 0 Å². The fraction of sp³-hybridized carbons (Fsp3) is 0.524. The van der Waals surface area contributed by atoms with Crippen molar-refractivity contribution in [2.75, 3.05) is 19.7 Å². The summed E-state index contributed by atoms with van der Waals surface area (Å²) in [4.78, 5) is 14.6. The predicted octanol–water partition coefficient (Wildman–Crippen LogP) is 3.65. The van der Waals surface area contributed by atoms with Crippen LogP contribution in [-0.4, -0.2) is 40.8 Å². The van der Waals surface area contributed by atoms with Crippen LogP contribution < -0.4 is 0 Å². The number of hydrogen-bond acceptors (Lipinski definition) is 4. The molecule has 1 aromatic heterocycles. The quantitative estimate of drug-likeness (QED) is 0.858. The number of aromatic nitrogens is 1. The SMILES string of the molecule is CC(C)c1cc(C(=O)N2CCCC(CO)(CCc3ccccc3)C2)on1. The molecule has 5 nitrogen and oxygen atoms in total. The molecule has 0 saturated carbocycles. The van der Waals surface area contributed by atoms with Crippen molar-refractivity contribution in [1.82, 2.24) is 10.1 Å². The number of likely N-dealkylation sites (tertiary alicyclic amines) is 1. The summed E-state index contributed by atoms with van der Waals surface area (Å²) in [6.45, 7) is 5.40. The van der Waals surface area contributed by atoms with Gasteiger partial charge in [-0.05, 0) is 37.2 Å². The summed E-state index contributed by atoms with van der Waals surface area (Å²) in [5.74, 6) is 0.399. The van der Waals surface area contributed by atoms with E-state index in [0.29, 0.717) is 18.8 Å². The number of hydrogen-bond donors (Lipinski definition) is 1. The Bertz CT molecular complexity index is 726. The molecule has 1 saturated heterocycles. The monoisotopic (exact) mass is 356 g/mol. The summed E-state index contributed by atoms with van der Waals surface area (Å²) in [5.41, 5.74) is 1.81. The maximum atomic E-state index is 12.8. The van der Waals surface area contributed by atoms with Gasteiger partial charge in [-0.3, -0.25) is 4.79 Å². The molecular weight excluding hydrogens is 328 g/mol. The fourth-order valence-corrected chi connectivity index (χ4v) is 3.67. The van der Waals surface area contributed by atoms with Crippen molar-refractivity contribution >= 4 is 5.91 Å². The fourth-order valence-electron chi connectivity index (χ4n) is 3.67. The highest BCUT2D eigenvalue weighted by Gasteiger charge is 2.37. The maximum Gasteiger partial charge on any atom is 0.292 e. The van der Waals surface area contributed by atoms with E-state index in [4.69, 9.17) is 4.52 Å². The summed E-state index contributed by atoms with van der Waals surface area (Å²) in [6, 6.07) is 12.0. The van der Waals surface area contributed by atoms with Crippen molar-refractivity contribution in [2.24, 2.45) is 5.41 Å². The second-order valence-electron chi connectivity index (χ2n) is 7.74. The number of rotatable bonds is 6. The average Bonchev–Trinajstić information content (AvgIpc) is 3.17. The van der Waals surface area contributed by atoms with Crippen molar-refractivity contribution in [2.45, 2.75) is 45.4 Å². The van der Waals surface area contributed by atoms with Crippen LogP contribution in [0.25, 0.3) is 0 Å². The predicted molar refractivity (Wildman–Crippen MR) is 100 cm³/mol. The normalized spacial score (nSPS) is 20.5. The van der Waals surface area contributed by atoms with Crippen LogP contribution in [0.4, 0.5) is 0 Å². The standard InChI is InChI=1S/C21H28N2O3/c1-16(2)18-13-19(26-22-18)20(25)23-12-6-10-21(14-23,15-24)11-9-17-7-4-3-5-8-17/h3-5,7-8,13,16,24H,6,9-12,14-15H2,1-2H3. The maximum absolute atomic E-state index is 12.8. The number of amides is 1. The van der Waals surface area contributed by atoms with Crippen LogP contribution in [0.3, 0.4) is 0 Å². The van der Waals surface area contributed by atoms with Gasteiger partial charge in [-0.15, -0.1) is 0 Å². The van der Waals surface area contributed by atoms with Crippen LogP contribution in [0.15, 0.2) is 40.9 Å². The van der Waals surface area contributed by atoms with Gasteiger partial charge in [-0.1, -0.05) is 49.3 Å². The lowest BCUT2D eigenvalue weighted by Gasteiger charge is -2.41.